The molecule has 0 saturated heterocycles. The van der Waals surface area contributed by atoms with Crippen molar-refractivity contribution < 1.29 is 14.3 Å². The highest BCUT2D eigenvalue weighted by molar-refractivity contribution is 7.19. The summed E-state index contributed by atoms with van der Waals surface area (Å²) in [7, 11) is 3.23. The number of amides is 2. The van der Waals surface area contributed by atoms with E-state index in [4.69, 9.17) is 4.74 Å². The van der Waals surface area contributed by atoms with Crippen molar-refractivity contribution in [2.24, 2.45) is 0 Å². The van der Waals surface area contributed by atoms with Gasteiger partial charge in [-0.05, 0) is 18.6 Å². The molecule has 1 heterocycles. The first kappa shape index (κ1) is 18.7. The molecule has 0 aliphatic heterocycles. The standard InChI is InChI=1S/C16H21N5O3S/c1-4-5-10-21(2)16-20-19-15(25-16)18-14(23)17-12-9-7-6-8-11(12)13(22)24-3/h6-9H,4-5,10H2,1-3H3,(H2,17,18,19,23). The summed E-state index contributed by atoms with van der Waals surface area (Å²) in [5.74, 6) is -0.522. The maximum Gasteiger partial charge on any atom is 0.339 e. The Hall–Kier alpha value is -2.68. The number of aromatic nitrogens is 2. The predicted molar refractivity (Wildman–Crippen MR) is 98.5 cm³/mol. The van der Waals surface area contributed by atoms with Gasteiger partial charge in [-0.15, -0.1) is 10.2 Å². The third-order valence-electron chi connectivity index (χ3n) is 3.39. The third kappa shape index (κ3) is 5.15. The Morgan fingerprint density at radius 3 is 2.72 bits per heavy atom. The van der Waals surface area contributed by atoms with E-state index in [9.17, 15) is 9.59 Å². The molecule has 0 aliphatic rings. The van der Waals surface area contributed by atoms with E-state index in [0.29, 0.717) is 10.8 Å². The van der Waals surface area contributed by atoms with E-state index in [2.05, 4.69) is 27.8 Å². The molecule has 2 aromatic rings. The van der Waals surface area contributed by atoms with Crippen molar-refractivity contribution in [1.82, 2.24) is 10.2 Å². The van der Waals surface area contributed by atoms with Crippen molar-refractivity contribution in [1.29, 1.82) is 0 Å². The molecule has 9 heteroatoms. The molecular formula is C16H21N5O3S. The van der Waals surface area contributed by atoms with Crippen molar-refractivity contribution in [2.45, 2.75) is 19.8 Å². The fraction of sp³-hybridized carbons (Fsp3) is 0.375. The lowest BCUT2D eigenvalue weighted by molar-refractivity contribution is 0.0602. The smallest absolute Gasteiger partial charge is 0.339 e. The van der Waals surface area contributed by atoms with Gasteiger partial charge in [0.2, 0.25) is 10.3 Å². The number of esters is 1. The van der Waals surface area contributed by atoms with Gasteiger partial charge in [0, 0.05) is 13.6 Å². The summed E-state index contributed by atoms with van der Waals surface area (Å²) in [4.78, 5) is 25.9. The lowest BCUT2D eigenvalue weighted by Crippen LogP contribution is -2.21. The molecule has 0 atom stereocenters. The largest absolute Gasteiger partial charge is 0.465 e. The van der Waals surface area contributed by atoms with Crippen LogP contribution in [0, 0.1) is 0 Å². The Morgan fingerprint density at radius 2 is 2.00 bits per heavy atom. The molecular weight excluding hydrogens is 342 g/mol. The molecule has 2 amide bonds. The minimum atomic E-state index is -0.522. The summed E-state index contributed by atoms with van der Waals surface area (Å²) in [6.07, 6.45) is 2.15. The molecule has 0 saturated carbocycles. The highest BCUT2D eigenvalue weighted by atomic mass is 32.1. The lowest BCUT2D eigenvalue weighted by atomic mass is 10.2. The van der Waals surface area contributed by atoms with Gasteiger partial charge in [0.15, 0.2) is 0 Å². The number of para-hydroxylation sites is 1. The van der Waals surface area contributed by atoms with E-state index in [1.54, 1.807) is 24.3 Å². The summed E-state index contributed by atoms with van der Waals surface area (Å²) in [5.41, 5.74) is 0.633. The minimum absolute atomic E-state index is 0.275. The predicted octanol–water partition coefficient (Wildman–Crippen LogP) is 3.21. The van der Waals surface area contributed by atoms with E-state index in [1.807, 2.05) is 11.9 Å². The monoisotopic (exact) mass is 363 g/mol. The van der Waals surface area contributed by atoms with Gasteiger partial charge in [0.05, 0.1) is 18.4 Å². The molecule has 0 bridgehead atoms. The van der Waals surface area contributed by atoms with E-state index < -0.39 is 12.0 Å². The van der Waals surface area contributed by atoms with Crippen molar-refractivity contribution >= 4 is 39.3 Å². The first-order chi connectivity index (χ1) is 12.0. The Bertz CT molecular complexity index is 734. The van der Waals surface area contributed by atoms with Gasteiger partial charge in [-0.1, -0.05) is 36.8 Å². The van der Waals surface area contributed by atoms with Crippen LogP contribution < -0.4 is 15.5 Å². The van der Waals surface area contributed by atoms with Crippen LogP contribution in [0.15, 0.2) is 24.3 Å². The minimum Gasteiger partial charge on any atom is -0.465 e. The van der Waals surface area contributed by atoms with Crippen LogP contribution in [0.4, 0.5) is 20.7 Å². The van der Waals surface area contributed by atoms with Crippen LogP contribution in [-0.4, -0.2) is 42.9 Å². The van der Waals surface area contributed by atoms with Crippen molar-refractivity contribution in [2.75, 3.05) is 36.2 Å². The molecule has 134 valence electrons. The number of benzene rings is 1. The van der Waals surface area contributed by atoms with Crippen LogP contribution in [-0.2, 0) is 4.74 Å². The number of hydrogen-bond donors (Lipinski definition) is 2. The number of rotatable bonds is 7. The fourth-order valence-electron chi connectivity index (χ4n) is 2.04. The van der Waals surface area contributed by atoms with Gasteiger partial charge >= 0.3 is 12.0 Å². The van der Waals surface area contributed by atoms with E-state index in [1.165, 1.54) is 18.4 Å². The first-order valence-corrected chi connectivity index (χ1v) is 8.66. The summed E-state index contributed by atoms with van der Waals surface area (Å²) < 4.78 is 4.70. The van der Waals surface area contributed by atoms with Crippen LogP contribution in [0.3, 0.4) is 0 Å². The number of carbonyl (C=O) groups is 2. The second-order valence-electron chi connectivity index (χ2n) is 5.28. The van der Waals surface area contributed by atoms with E-state index >= 15 is 0 Å². The molecule has 25 heavy (non-hydrogen) atoms. The van der Waals surface area contributed by atoms with Gasteiger partial charge in [-0.3, -0.25) is 5.32 Å². The normalized spacial score (nSPS) is 10.2. The van der Waals surface area contributed by atoms with Crippen molar-refractivity contribution in [3.05, 3.63) is 29.8 Å². The first-order valence-electron chi connectivity index (χ1n) is 7.85. The van der Waals surface area contributed by atoms with Gasteiger partial charge < -0.3 is 15.0 Å². The van der Waals surface area contributed by atoms with Crippen LogP contribution >= 0.6 is 11.3 Å². The van der Waals surface area contributed by atoms with Gasteiger partial charge in [0.1, 0.15) is 0 Å². The molecule has 8 nitrogen and oxygen atoms in total. The van der Waals surface area contributed by atoms with E-state index in [0.717, 1.165) is 24.5 Å². The van der Waals surface area contributed by atoms with Crippen LogP contribution in [0.1, 0.15) is 30.1 Å². The summed E-state index contributed by atoms with van der Waals surface area (Å²) in [5, 5.41) is 14.4. The number of carbonyl (C=O) groups excluding carboxylic acids is 2. The Morgan fingerprint density at radius 1 is 1.24 bits per heavy atom. The highest BCUT2D eigenvalue weighted by Crippen LogP contribution is 2.24. The topological polar surface area (TPSA) is 96.5 Å². The number of nitrogens with zero attached hydrogens (tertiary/aromatic N) is 3. The Labute approximate surface area is 150 Å². The molecule has 0 spiro atoms. The molecule has 2 N–H and O–H groups in total. The van der Waals surface area contributed by atoms with Gasteiger partial charge in [-0.2, -0.15) is 0 Å². The zero-order valence-electron chi connectivity index (χ0n) is 14.4. The maximum absolute atomic E-state index is 12.1. The second-order valence-corrected chi connectivity index (χ2v) is 6.24. The molecule has 0 unspecified atom stereocenters. The molecule has 0 fully saturated rings. The van der Waals surface area contributed by atoms with Crippen molar-refractivity contribution in [3.8, 4) is 0 Å². The number of nitrogens with one attached hydrogen (secondary N) is 2. The zero-order chi connectivity index (χ0) is 18.2. The number of urea groups is 1. The maximum atomic E-state index is 12.1. The number of ether oxygens (including phenoxy) is 1. The number of anilines is 3. The Kier molecular flexibility index (Phi) is 6.70. The summed E-state index contributed by atoms with van der Waals surface area (Å²) in [6.45, 7) is 3.00. The third-order valence-corrected chi connectivity index (χ3v) is 4.34. The summed E-state index contributed by atoms with van der Waals surface area (Å²) >= 11 is 1.29. The van der Waals surface area contributed by atoms with Crippen LogP contribution in [0.25, 0.3) is 0 Å². The zero-order valence-corrected chi connectivity index (χ0v) is 15.2. The van der Waals surface area contributed by atoms with Gasteiger partial charge in [0.25, 0.3) is 0 Å². The summed E-state index contributed by atoms with van der Waals surface area (Å²) in [6, 6.07) is 6.10. The number of hydrogen-bond acceptors (Lipinski definition) is 7. The molecule has 1 aromatic carbocycles. The number of unbranched alkanes of at least 4 members (excludes halogenated alkanes) is 1. The highest BCUT2D eigenvalue weighted by Gasteiger charge is 2.15. The average Bonchev–Trinajstić information content (AvgIpc) is 3.07. The molecule has 0 radical (unpaired) electrons. The lowest BCUT2D eigenvalue weighted by Gasteiger charge is -2.13. The molecule has 0 aliphatic carbocycles. The van der Waals surface area contributed by atoms with E-state index in [-0.39, 0.29) is 5.56 Å². The van der Waals surface area contributed by atoms with Crippen LogP contribution in [0.5, 0.6) is 0 Å². The van der Waals surface area contributed by atoms with Crippen LogP contribution in [0.2, 0.25) is 0 Å². The SMILES string of the molecule is CCCCN(C)c1nnc(NC(=O)Nc2ccccc2C(=O)OC)s1. The fourth-order valence-corrected chi connectivity index (χ4v) is 2.77. The average molecular weight is 363 g/mol. The van der Waals surface area contributed by atoms with Gasteiger partial charge in [-0.25, -0.2) is 9.59 Å². The van der Waals surface area contributed by atoms with Crippen molar-refractivity contribution in [3.63, 3.8) is 0 Å². The quantitative estimate of drug-likeness (QED) is 0.733. The second kappa shape index (κ2) is 8.97. The molecule has 1 aromatic heterocycles. The number of methoxy groups -OCH3 is 1. The Balaban J connectivity index is 2.00. The molecule has 2 rings (SSSR count).